The van der Waals surface area contributed by atoms with E-state index in [-0.39, 0.29) is 5.11 Å². The fourth-order valence-corrected chi connectivity index (χ4v) is 1.62. The Bertz CT molecular complexity index is 497. The molecule has 0 amide bonds. The first-order chi connectivity index (χ1) is 7.77. The minimum absolute atomic E-state index is 0.265. The lowest BCUT2D eigenvalue weighted by Gasteiger charge is -2.10. The SMILES string of the molecule is NC(=S)Nc1ccccc1-c1ccncc1. The fraction of sp³-hybridized carbons (Fsp3) is 0. The molecule has 1 aromatic heterocycles. The van der Waals surface area contributed by atoms with E-state index in [4.69, 9.17) is 18.0 Å². The number of aromatic nitrogens is 1. The van der Waals surface area contributed by atoms with Gasteiger partial charge in [-0.3, -0.25) is 4.98 Å². The highest BCUT2D eigenvalue weighted by molar-refractivity contribution is 7.80. The molecule has 0 unspecified atom stereocenters. The number of nitrogens with one attached hydrogen (secondary N) is 1. The summed E-state index contributed by atoms with van der Waals surface area (Å²) in [7, 11) is 0. The van der Waals surface area contributed by atoms with Gasteiger partial charge in [0.25, 0.3) is 0 Å². The zero-order valence-electron chi connectivity index (χ0n) is 8.55. The van der Waals surface area contributed by atoms with Crippen LogP contribution in [-0.4, -0.2) is 10.1 Å². The summed E-state index contributed by atoms with van der Waals surface area (Å²) in [6, 6.07) is 11.7. The molecule has 3 nitrogen and oxygen atoms in total. The van der Waals surface area contributed by atoms with Crippen LogP contribution >= 0.6 is 12.2 Å². The van der Waals surface area contributed by atoms with Crippen molar-refractivity contribution < 1.29 is 0 Å². The maximum Gasteiger partial charge on any atom is 0.168 e. The van der Waals surface area contributed by atoms with Gasteiger partial charge in [-0.2, -0.15) is 0 Å². The maximum absolute atomic E-state index is 5.48. The monoisotopic (exact) mass is 229 g/mol. The summed E-state index contributed by atoms with van der Waals surface area (Å²) in [6.45, 7) is 0. The predicted molar refractivity (Wildman–Crippen MR) is 70.1 cm³/mol. The highest BCUT2D eigenvalue weighted by atomic mass is 32.1. The summed E-state index contributed by atoms with van der Waals surface area (Å²) in [4.78, 5) is 3.99. The van der Waals surface area contributed by atoms with Gasteiger partial charge in [0.2, 0.25) is 0 Å². The molecule has 0 bridgehead atoms. The van der Waals surface area contributed by atoms with Crippen LogP contribution in [0.4, 0.5) is 5.69 Å². The first kappa shape index (κ1) is 10.6. The molecule has 0 radical (unpaired) electrons. The van der Waals surface area contributed by atoms with Crippen LogP contribution in [0.5, 0.6) is 0 Å². The second-order valence-corrected chi connectivity index (χ2v) is 3.71. The molecule has 2 rings (SSSR count). The van der Waals surface area contributed by atoms with Gasteiger partial charge in [-0.15, -0.1) is 0 Å². The molecule has 80 valence electrons. The van der Waals surface area contributed by atoms with E-state index in [1.54, 1.807) is 12.4 Å². The number of nitrogens with zero attached hydrogens (tertiary/aromatic N) is 1. The van der Waals surface area contributed by atoms with Crippen molar-refractivity contribution in [2.24, 2.45) is 5.73 Å². The van der Waals surface area contributed by atoms with Crippen molar-refractivity contribution in [2.75, 3.05) is 5.32 Å². The zero-order valence-corrected chi connectivity index (χ0v) is 9.37. The van der Waals surface area contributed by atoms with Crippen molar-refractivity contribution in [3.05, 3.63) is 48.8 Å². The van der Waals surface area contributed by atoms with Crippen molar-refractivity contribution in [1.29, 1.82) is 0 Å². The third-order valence-corrected chi connectivity index (χ3v) is 2.28. The standard InChI is InChI=1S/C12H11N3S/c13-12(16)15-11-4-2-1-3-10(11)9-5-7-14-8-6-9/h1-8H,(H3,13,15,16). The van der Waals surface area contributed by atoms with Gasteiger partial charge in [0.05, 0.1) is 0 Å². The van der Waals surface area contributed by atoms with E-state index in [1.165, 1.54) is 0 Å². The number of hydrogen-bond donors (Lipinski definition) is 2. The Morgan fingerprint density at radius 1 is 1.12 bits per heavy atom. The molecule has 1 aromatic carbocycles. The molecule has 4 heteroatoms. The third kappa shape index (κ3) is 2.35. The van der Waals surface area contributed by atoms with E-state index in [1.807, 2.05) is 36.4 Å². The quantitative estimate of drug-likeness (QED) is 0.776. The lowest BCUT2D eigenvalue weighted by Crippen LogP contribution is -2.19. The molecule has 16 heavy (non-hydrogen) atoms. The van der Waals surface area contributed by atoms with Crippen LogP contribution < -0.4 is 11.1 Å². The Labute approximate surface area is 99.3 Å². The van der Waals surface area contributed by atoms with Gasteiger partial charge in [-0.1, -0.05) is 18.2 Å². The molecule has 0 aliphatic rings. The molecule has 2 aromatic rings. The average molecular weight is 229 g/mol. The predicted octanol–water partition coefficient (Wildman–Crippen LogP) is 2.40. The van der Waals surface area contributed by atoms with Crippen LogP contribution in [0.25, 0.3) is 11.1 Å². The van der Waals surface area contributed by atoms with Crippen molar-refractivity contribution >= 4 is 23.0 Å². The molecule has 0 aliphatic carbocycles. The van der Waals surface area contributed by atoms with Gasteiger partial charge in [0.1, 0.15) is 0 Å². The van der Waals surface area contributed by atoms with Gasteiger partial charge in [0, 0.05) is 23.6 Å². The van der Waals surface area contributed by atoms with E-state index in [0.717, 1.165) is 16.8 Å². The second-order valence-electron chi connectivity index (χ2n) is 3.27. The Morgan fingerprint density at radius 3 is 2.50 bits per heavy atom. The summed E-state index contributed by atoms with van der Waals surface area (Å²) >= 11 is 4.84. The lowest BCUT2D eigenvalue weighted by atomic mass is 10.1. The Balaban J connectivity index is 2.44. The van der Waals surface area contributed by atoms with Crippen molar-refractivity contribution in [3.8, 4) is 11.1 Å². The van der Waals surface area contributed by atoms with Gasteiger partial charge in [-0.25, -0.2) is 0 Å². The average Bonchev–Trinajstić information content (AvgIpc) is 2.30. The third-order valence-electron chi connectivity index (χ3n) is 2.18. The molecule has 0 atom stereocenters. The highest BCUT2D eigenvalue weighted by Crippen LogP contribution is 2.26. The van der Waals surface area contributed by atoms with Gasteiger partial charge >= 0.3 is 0 Å². The van der Waals surface area contributed by atoms with Crippen molar-refractivity contribution in [1.82, 2.24) is 4.98 Å². The highest BCUT2D eigenvalue weighted by Gasteiger charge is 2.03. The second kappa shape index (κ2) is 4.72. The molecule has 0 saturated heterocycles. The van der Waals surface area contributed by atoms with Crippen molar-refractivity contribution in [3.63, 3.8) is 0 Å². The molecule has 0 fully saturated rings. The first-order valence-corrected chi connectivity index (χ1v) is 5.24. The van der Waals surface area contributed by atoms with E-state index < -0.39 is 0 Å². The van der Waals surface area contributed by atoms with Gasteiger partial charge < -0.3 is 11.1 Å². The summed E-state index contributed by atoms with van der Waals surface area (Å²) in [5.74, 6) is 0. The number of anilines is 1. The minimum Gasteiger partial charge on any atom is -0.376 e. The van der Waals surface area contributed by atoms with Crippen LogP contribution in [0.2, 0.25) is 0 Å². The molecular weight excluding hydrogens is 218 g/mol. The maximum atomic E-state index is 5.48. The van der Waals surface area contributed by atoms with E-state index in [2.05, 4.69) is 10.3 Å². The van der Waals surface area contributed by atoms with Gasteiger partial charge in [-0.05, 0) is 36.0 Å². The molecule has 0 spiro atoms. The number of pyridine rings is 1. The molecular formula is C12H11N3S. The van der Waals surface area contributed by atoms with Gasteiger partial charge in [0.15, 0.2) is 5.11 Å². The van der Waals surface area contributed by atoms with E-state index >= 15 is 0 Å². The Kier molecular flexibility index (Phi) is 3.12. The largest absolute Gasteiger partial charge is 0.376 e. The summed E-state index contributed by atoms with van der Waals surface area (Å²) in [5.41, 5.74) is 8.51. The zero-order chi connectivity index (χ0) is 11.4. The number of para-hydroxylation sites is 1. The molecule has 0 saturated carbocycles. The molecule has 3 N–H and O–H groups in total. The number of hydrogen-bond acceptors (Lipinski definition) is 2. The number of benzene rings is 1. The van der Waals surface area contributed by atoms with Crippen molar-refractivity contribution in [2.45, 2.75) is 0 Å². The van der Waals surface area contributed by atoms with Crippen LogP contribution in [0.1, 0.15) is 0 Å². The summed E-state index contributed by atoms with van der Waals surface area (Å²) in [5, 5.41) is 3.23. The van der Waals surface area contributed by atoms with E-state index in [0.29, 0.717) is 0 Å². The molecule has 1 heterocycles. The number of nitrogens with two attached hydrogens (primary N) is 1. The van der Waals surface area contributed by atoms with Crippen LogP contribution in [-0.2, 0) is 0 Å². The number of thiocarbonyl (C=S) groups is 1. The normalized spacial score (nSPS) is 9.75. The van der Waals surface area contributed by atoms with E-state index in [9.17, 15) is 0 Å². The Hall–Kier alpha value is -1.94. The first-order valence-electron chi connectivity index (χ1n) is 4.83. The Morgan fingerprint density at radius 2 is 1.81 bits per heavy atom. The summed E-state index contributed by atoms with van der Waals surface area (Å²) in [6.07, 6.45) is 3.51. The smallest absolute Gasteiger partial charge is 0.168 e. The topological polar surface area (TPSA) is 50.9 Å². The minimum atomic E-state index is 0.265. The number of rotatable bonds is 2. The lowest BCUT2D eigenvalue weighted by molar-refractivity contribution is 1.33. The summed E-state index contributed by atoms with van der Waals surface area (Å²) < 4.78 is 0. The fourth-order valence-electron chi connectivity index (χ4n) is 1.51. The van der Waals surface area contributed by atoms with Crippen LogP contribution in [0, 0.1) is 0 Å². The molecule has 0 aliphatic heterocycles. The van der Waals surface area contributed by atoms with Crippen LogP contribution in [0.15, 0.2) is 48.8 Å². The van der Waals surface area contributed by atoms with Crippen LogP contribution in [0.3, 0.4) is 0 Å².